The van der Waals surface area contributed by atoms with Gasteiger partial charge in [-0.3, -0.25) is 4.98 Å². The number of aromatic nitrogens is 3. The van der Waals surface area contributed by atoms with Crippen LogP contribution < -0.4 is 10.1 Å². The van der Waals surface area contributed by atoms with Crippen molar-refractivity contribution in [2.45, 2.75) is 26.7 Å². The topological polar surface area (TPSA) is 59.9 Å². The van der Waals surface area contributed by atoms with Gasteiger partial charge >= 0.3 is 0 Å². The third kappa shape index (κ3) is 4.16. The lowest BCUT2D eigenvalue weighted by Crippen LogP contribution is -2.04. The van der Waals surface area contributed by atoms with Gasteiger partial charge in [0.05, 0.1) is 6.20 Å². The van der Waals surface area contributed by atoms with Crippen LogP contribution in [0.3, 0.4) is 0 Å². The monoisotopic (exact) mass is 336 g/mol. The molecule has 0 radical (unpaired) electrons. The Balaban J connectivity index is 2.25. The number of aryl methyl sites for hydroxylation is 1. The predicted molar refractivity (Wildman–Crippen MR) is 82.2 cm³/mol. The van der Waals surface area contributed by atoms with Crippen molar-refractivity contribution in [2.75, 3.05) is 11.9 Å². The van der Waals surface area contributed by atoms with E-state index in [1.54, 1.807) is 18.5 Å². The lowest BCUT2D eigenvalue weighted by molar-refractivity contribution is 0.456. The molecule has 6 heteroatoms. The highest BCUT2D eigenvalue weighted by Gasteiger charge is 2.06. The number of hydrogen-bond acceptors (Lipinski definition) is 5. The van der Waals surface area contributed by atoms with Crippen LogP contribution in [0.25, 0.3) is 0 Å². The number of hydrogen-bond donors (Lipinski definition) is 1. The Kier molecular flexibility index (Phi) is 5.29. The molecule has 0 aliphatic heterocycles. The van der Waals surface area contributed by atoms with Gasteiger partial charge in [0.15, 0.2) is 0 Å². The highest BCUT2D eigenvalue weighted by atomic mass is 79.9. The molecule has 106 valence electrons. The summed E-state index contributed by atoms with van der Waals surface area (Å²) in [5.41, 5.74) is 0. The molecule has 0 fully saturated rings. The van der Waals surface area contributed by atoms with Gasteiger partial charge in [0.25, 0.3) is 0 Å². The van der Waals surface area contributed by atoms with Crippen molar-refractivity contribution in [3.8, 4) is 11.6 Å². The number of rotatable bonds is 6. The molecule has 2 heterocycles. The van der Waals surface area contributed by atoms with E-state index in [-0.39, 0.29) is 0 Å². The Hall–Kier alpha value is -1.69. The molecule has 1 N–H and O–H groups in total. The Morgan fingerprint density at radius 3 is 2.75 bits per heavy atom. The van der Waals surface area contributed by atoms with Gasteiger partial charge in [-0.25, -0.2) is 4.98 Å². The maximum absolute atomic E-state index is 5.75. The summed E-state index contributed by atoms with van der Waals surface area (Å²) >= 11 is 3.37. The zero-order valence-electron chi connectivity index (χ0n) is 11.6. The SMILES string of the molecule is CCCc1nc(NCC)cc(Oc2cncc(Br)c2)n1. The van der Waals surface area contributed by atoms with Crippen LogP contribution in [-0.4, -0.2) is 21.5 Å². The molecule has 0 spiro atoms. The molecule has 0 saturated heterocycles. The lowest BCUT2D eigenvalue weighted by atomic mass is 10.3. The molecule has 0 aliphatic carbocycles. The Bertz CT molecular complexity index is 553. The smallest absolute Gasteiger partial charge is 0.224 e. The van der Waals surface area contributed by atoms with Crippen LogP contribution in [0, 0.1) is 0 Å². The van der Waals surface area contributed by atoms with Crippen LogP contribution in [0.15, 0.2) is 29.0 Å². The fraction of sp³-hybridized carbons (Fsp3) is 0.357. The normalized spacial score (nSPS) is 10.3. The number of pyridine rings is 1. The summed E-state index contributed by atoms with van der Waals surface area (Å²) < 4.78 is 6.62. The van der Waals surface area contributed by atoms with Crippen LogP contribution in [-0.2, 0) is 6.42 Å². The van der Waals surface area contributed by atoms with E-state index in [1.165, 1.54) is 0 Å². The minimum absolute atomic E-state index is 0.527. The number of ether oxygens (including phenoxy) is 1. The molecule has 0 aromatic carbocycles. The third-order valence-corrected chi connectivity index (χ3v) is 2.92. The summed E-state index contributed by atoms with van der Waals surface area (Å²) in [6.07, 6.45) is 5.18. The minimum Gasteiger partial charge on any atom is -0.437 e. The van der Waals surface area contributed by atoms with Gasteiger partial charge in [0, 0.05) is 29.7 Å². The number of halogens is 1. The molecular formula is C14H17BrN4O. The van der Waals surface area contributed by atoms with E-state index in [4.69, 9.17) is 4.74 Å². The molecular weight excluding hydrogens is 320 g/mol. The molecule has 0 aliphatic rings. The summed E-state index contributed by atoms with van der Waals surface area (Å²) in [6.45, 7) is 4.93. The first-order valence-electron chi connectivity index (χ1n) is 6.61. The molecule has 2 rings (SSSR count). The fourth-order valence-corrected chi connectivity index (χ4v) is 2.04. The van der Waals surface area contributed by atoms with Crippen molar-refractivity contribution < 1.29 is 4.74 Å². The first kappa shape index (κ1) is 14.7. The molecule has 0 saturated carbocycles. The van der Waals surface area contributed by atoms with Gasteiger partial charge in [0.1, 0.15) is 17.4 Å². The molecule has 2 aromatic rings. The van der Waals surface area contributed by atoms with Gasteiger partial charge in [-0.1, -0.05) is 6.92 Å². The Morgan fingerprint density at radius 1 is 1.20 bits per heavy atom. The third-order valence-electron chi connectivity index (χ3n) is 2.48. The zero-order chi connectivity index (χ0) is 14.4. The van der Waals surface area contributed by atoms with Crippen molar-refractivity contribution in [3.63, 3.8) is 0 Å². The second kappa shape index (κ2) is 7.19. The maximum Gasteiger partial charge on any atom is 0.224 e. The van der Waals surface area contributed by atoms with Crippen molar-refractivity contribution >= 4 is 21.7 Å². The van der Waals surface area contributed by atoms with Crippen molar-refractivity contribution in [2.24, 2.45) is 0 Å². The van der Waals surface area contributed by atoms with Crippen LogP contribution in [0.1, 0.15) is 26.1 Å². The van der Waals surface area contributed by atoms with Gasteiger partial charge in [-0.05, 0) is 35.3 Å². The summed E-state index contributed by atoms with van der Waals surface area (Å²) in [6, 6.07) is 3.64. The highest BCUT2D eigenvalue weighted by Crippen LogP contribution is 2.23. The molecule has 0 bridgehead atoms. The second-order valence-electron chi connectivity index (χ2n) is 4.23. The quantitative estimate of drug-likeness (QED) is 0.869. The minimum atomic E-state index is 0.527. The molecule has 20 heavy (non-hydrogen) atoms. The standard InChI is InChI=1S/C14H17BrN4O/c1-3-5-12-18-13(17-4-2)7-14(19-12)20-11-6-10(15)8-16-9-11/h6-9H,3-5H2,1-2H3,(H,17,18,19). The van der Waals surface area contributed by atoms with Crippen LogP contribution in [0.2, 0.25) is 0 Å². The van der Waals surface area contributed by atoms with E-state index in [2.05, 4.69) is 43.1 Å². The van der Waals surface area contributed by atoms with E-state index in [1.807, 2.05) is 13.0 Å². The average molecular weight is 337 g/mol. The van der Waals surface area contributed by atoms with Crippen molar-refractivity contribution in [3.05, 3.63) is 34.8 Å². The molecule has 0 atom stereocenters. The van der Waals surface area contributed by atoms with E-state index < -0.39 is 0 Å². The second-order valence-corrected chi connectivity index (χ2v) is 5.14. The first-order valence-corrected chi connectivity index (χ1v) is 7.40. The lowest BCUT2D eigenvalue weighted by Gasteiger charge is -2.09. The van der Waals surface area contributed by atoms with Gasteiger partial charge in [-0.2, -0.15) is 4.98 Å². The van der Waals surface area contributed by atoms with Gasteiger partial charge in [0.2, 0.25) is 5.88 Å². The Labute approximate surface area is 127 Å². The Morgan fingerprint density at radius 2 is 2.05 bits per heavy atom. The molecule has 0 unspecified atom stereocenters. The zero-order valence-corrected chi connectivity index (χ0v) is 13.1. The highest BCUT2D eigenvalue weighted by molar-refractivity contribution is 9.10. The summed E-state index contributed by atoms with van der Waals surface area (Å²) in [5.74, 6) is 2.73. The number of anilines is 1. The van der Waals surface area contributed by atoms with Crippen molar-refractivity contribution in [1.29, 1.82) is 0 Å². The number of nitrogens with zero attached hydrogens (tertiary/aromatic N) is 3. The van der Waals surface area contributed by atoms with Crippen LogP contribution >= 0.6 is 15.9 Å². The van der Waals surface area contributed by atoms with Gasteiger partial charge < -0.3 is 10.1 Å². The van der Waals surface area contributed by atoms with E-state index in [0.29, 0.717) is 11.6 Å². The first-order chi connectivity index (χ1) is 9.71. The van der Waals surface area contributed by atoms with E-state index >= 15 is 0 Å². The maximum atomic E-state index is 5.75. The average Bonchev–Trinajstić information content (AvgIpc) is 2.39. The number of nitrogens with one attached hydrogen (secondary N) is 1. The molecule has 2 aromatic heterocycles. The molecule has 0 amide bonds. The largest absolute Gasteiger partial charge is 0.437 e. The van der Waals surface area contributed by atoms with Crippen LogP contribution in [0.4, 0.5) is 5.82 Å². The van der Waals surface area contributed by atoms with E-state index in [0.717, 1.165) is 35.5 Å². The van der Waals surface area contributed by atoms with E-state index in [9.17, 15) is 0 Å². The van der Waals surface area contributed by atoms with Crippen LogP contribution in [0.5, 0.6) is 11.6 Å². The summed E-state index contributed by atoms with van der Waals surface area (Å²) in [7, 11) is 0. The molecule has 5 nitrogen and oxygen atoms in total. The summed E-state index contributed by atoms with van der Waals surface area (Å²) in [4.78, 5) is 12.9. The van der Waals surface area contributed by atoms with Crippen molar-refractivity contribution in [1.82, 2.24) is 15.0 Å². The van der Waals surface area contributed by atoms with Gasteiger partial charge in [-0.15, -0.1) is 0 Å². The summed E-state index contributed by atoms with van der Waals surface area (Å²) in [5, 5.41) is 3.19. The fourth-order valence-electron chi connectivity index (χ4n) is 1.70. The predicted octanol–water partition coefficient (Wildman–Crippen LogP) is 3.81.